The predicted molar refractivity (Wildman–Crippen MR) is 75.4 cm³/mol. The van der Waals surface area contributed by atoms with Crippen LogP contribution in [0.15, 0.2) is 18.2 Å². The van der Waals surface area contributed by atoms with E-state index in [0.29, 0.717) is 12.0 Å². The summed E-state index contributed by atoms with van der Waals surface area (Å²) in [4.78, 5) is 10.2. The van der Waals surface area contributed by atoms with Gasteiger partial charge in [0.2, 0.25) is 0 Å². The average molecular weight is 302 g/mol. The van der Waals surface area contributed by atoms with Crippen LogP contribution in [-0.2, 0) is 15.6 Å². The van der Waals surface area contributed by atoms with Crippen molar-refractivity contribution in [1.82, 2.24) is 0 Å². The van der Waals surface area contributed by atoms with Crippen LogP contribution in [0.4, 0.5) is 5.69 Å². The Hall–Kier alpha value is -1.67. The first kappa shape index (κ1) is 16.4. The van der Waals surface area contributed by atoms with Crippen LogP contribution in [0.3, 0.4) is 0 Å². The Bertz CT molecular complexity index is 586. The third kappa shape index (κ3) is 4.17. The summed E-state index contributed by atoms with van der Waals surface area (Å²) in [5.74, 6) is -0.0115. The minimum atomic E-state index is -3.40. The fraction of sp³-hybridized carbons (Fsp3) is 0.500. The van der Waals surface area contributed by atoms with Crippen molar-refractivity contribution in [2.24, 2.45) is 5.73 Å². The van der Waals surface area contributed by atoms with Gasteiger partial charge in [0.25, 0.3) is 5.69 Å². The smallest absolute Gasteiger partial charge is 0.273 e. The lowest BCUT2D eigenvalue weighted by molar-refractivity contribution is -0.385. The molecule has 1 aromatic carbocycles. The summed E-state index contributed by atoms with van der Waals surface area (Å²) < 4.78 is 29.2. The van der Waals surface area contributed by atoms with E-state index in [1.807, 2.05) is 0 Å². The van der Waals surface area contributed by atoms with Crippen LogP contribution in [0.1, 0.15) is 18.9 Å². The van der Waals surface area contributed by atoms with Crippen molar-refractivity contribution in [1.29, 1.82) is 0 Å². The van der Waals surface area contributed by atoms with E-state index in [-0.39, 0.29) is 23.7 Å². The van der Waals surface area contributed by atoms with E-state index in [1.54, 1.807) is 6.92 Å². The van der Waals surface area contributed by atoms with Gasteiger partial charge >= 0.3 is 0 Å². The summed E-state index contributed by atoms with van der Waals surface area (Å²) in [7, 11) is -2.03. The molecule has 0 aliphatic rings. The molecule has 1 rings (SSSR count). The van der Waals surface area contributed by atoms with Crippen molar-refractivity contribution in [3.05, 3.63) is 33.9 Å². The van der Waals surface area contributed by atoms with Crippen molar-refractivity contribution >= 4 is 15.5 Å². The number of methoxy groups -OCH3 is 1. The first-order valence-electron chi connectivity index (χ1n) is 6.04. The van der Waals surface area contributed by atoms with Gasteiger partial charge in [-0.2, -0.15) is 0 Å². The predicted octanol–water partition coefficient (Wildman–Crippen LogP) is 1.26. The number of benzene rings is 1. The van der Waals surface area contributed by atoms with Gasteiger partial charge in [-0.3, -0.25) is 10.1 Å². The van der Waals surface area contributed by atoms with Crippen LogP contribution < -0.4 is 10.5 Å². The second-order valence-corrected chi connectivity index (χ2v) is 6.91. The van der Waals surface area contributed by atoms with Gasteiger partial charge in [0.1, 0.15) is 5.75 Å². The molecule has 1 unspecified atom stereocenters. The molecular weight excluding hydrogens is 284 g/mol. The van der Waals surface area contributed by atoms with Crippen LogP contribution in [0.5, 0.6) is 5.75 Å². The molecular formula is C12H18N2O5S. The Labute approximate surface area is 117 Å². The van der Waals surface area contributed by atoms with Gasteiger partial charge in [0.05, 0.1) is 29.1 Å². The van der Waals surface area contributed by atoms with Crippen LogP contribution >= 0.6 is 0 Å². The van der Waals surface area contributed by atoms with Gasteiger partial charge in [-0.1, -0.05) is 0 Å². The quantitative estimate of drug-likeness (QED) is 0.599. The molecule has 0 fully saturated rings. The van der Waals surface area contributed by atoms with Crippen molar-refractivity contribution < 1.29 is 18.1 Å². The van der Waals surface area contributed by atoms with Gasteiger partial charge in [-0.05, 0) is 31.5 Å². The number of non-ortho nitro benzene ring substituents is 1. The summed E-state index contributed by atoms with van der Waals surface area (Å²) >= 11 is 0. The number of nitrogens with zero attached hydrogens (tertiary/aromatic N) is 1. The Balaban J connectivity index is 3.08. The molecule has 20 heavy (non-hydrogen) atoms. The zero-order valence-electron chi connectivity index (χ0n) is 11.4. The number of nitro benzene ring substituents is 1. The van der Waals surface area contributed by atoms with Gasteiger partial charge in [-0.25, -0.2) is 8.42 Å². The summed E-state index contributed by atoms with van der Waals surface area (Å²) in [5.41, 5.74) is 5.49. The second-order valence-electron chi connectivity index (χ2n) is 4.49. The molecule has 0 heterocycles. The monoisotopic (exact) mass is 302 g/mol. The summed E-state index contributed by atoms with van der Waals surface area (Å²) in [5, 5.41) is 10.2. The Morgan fingerprint density at radius 2 is 2.05 bits per heavy atom. The molecule has 0 amide bonds. The highest BCUT2D eigenvalue weighted by Crippen LogP contribution is 2.25. The molecule has 0 spiro atoms. The molecule has 2 N–H and O–H groups in total. The highest BCUT2D eigenvalue weighted by molar-refractivity contribution is 7.91. The number of hydrogen-bond donors (Lipinski definition) is 1. The van der Waals surface area contributed by atoms with Crippen molar-refractivity contribution in [3.63, 3.8) is 0 Å². The highest BCUT2D eigenvalue weighted by Gasteiger charge is 2.22. The molecule has 0 aliphatic carbocycles. The third-order valence-corrected chi connectivity index (χ3v) is 5.15. The van der Waals surface area contributed by atoms with E-state index in [0.717, 1.165) is 0 Å². The molecule has 112 valence electrons. The summed E-state index contributed by atoms with van der Waals surface area (Å²) in [6.45, 7) is 1.86. The maximum atomic E-state index is 12.1. The second kappa shape index (κ2) is 6.67. The average Bonchev–Trinajstić information content (AvgIpc) is 2.37. The van der Waals surface area contributed by atoms with Crippen LogP contribution in [0.2, 0.25) is 0 Å². The Morgan fingerprint density at radius 3 is 2.55 bits per heavy atom. The van der Waals surface area contributed by atoms with Crippen molar-refractivity contribution in [3.8, 4) is 5.75 Å². The van der Waals surface area contributed by atoms with E-state index in [9.17, 15) is 18.5 Å². The highest BCUT2D eigenvalue weighted by atomic mass is 32.2. The number of sulfone groups is 1. The van der Waals surface area contributed by atoms with Gasteiger partial charge in [-0.15, -0.1) is 0 Å². The number of nitro groups is 1. The Morgan fingerprint density at radius 1 is 1.40 bits per heavy atom. The van der Waals surface area contributed by atoms with Crippen molar-refractivity contribution in [2.75, 3.05) is 13.7 Å². The topological polar surface area (TPSA) is 113 Å². The van der Waals surface area contributed by atoms with E-state index in [1.165, 1.54) is 25.3 Å². The number of ether oxygens (including phenoxy) is 1. The fourth-order valence-corrected chi connectivity index (χ4v) is 3.15. The molecule has 1 aromatic rings. The number of rotatable bonds is 7. The van der Waals surface area contributed by atoms with Crippen molar-refractivity contribution in [2.45, 2.75) is 24.3 Å². The molecule has 0 saturated carbocycles. The maximum absolute atomic E-state index is 12.1. The van der Waals surface area contributed by atoms with Gasteiger partial charge in [0, 0.05) is 6.07 Å². The van der Waals surface area contributed by atoms with E-state index < -0.39 is 20.0 Å². The zero-order chi connectivity index (χ0) is 15.3. The fourth-order valence-electron chi connectivity index (χ4n) is 1.74. The van der Waals surface area contributed by atoms with E-state index in [4.69, 9.17) is 10.5 Å². The van der Waals surface area contributed by atoms with Crippen LogP contribution in [0, 0.1) is 10.1 Å². The summed E-state index contributed by atoms with van der Waals surface area (Å²) in [6.07, 6.45) is 0.356. The van der Waals surface area contributed by atoms with E-state index in [2.05, 4.69) is 0 Å². The molecule has 0 radical (unpaired) electrons. The van der Waals surface area contributed by atoms with E-state index >= 15 is 0 Å². The van der Waals surface area contributed by atoms with Gasteiger partial charge in [0.15, 0.2) is 9.84 Å². The maximum Gasteiger partial charge on any atom is 0.273 e. The SMILES string of the molecule is COc1cc(CS(=O)(=O)C(C)CCN)cc([N+](=O)[O-])c1. The summed E-state index contributed by atoms with van der Waals surface area (Å²) in [6, 6.07) is 3.98. The zero-order valence-corrected chi connectivity index (χ0v) is 12.2. The molecule has 7 nitrogen and oxygen atoms in total. The third-order valence-electron chi connectivity index (χ3n) is 2.95. The standard InChI is InChI=1S/C12H18N2O5S/c1-9(3-4-13)20(17,18)8-10-5-11(14(15)16)7-12(6-10)19-2/h5-7,9H,3-4,8,13H2,1-2H3. The lowest BCUT2D eigenvalue weighted by Crippen LogP contribution is -2.22. The first-order chi connectivity index (χ1) is 9.30. The van der Waals surface area contributed by atoms with Crippen LogP contribution in [0.25, 0.3) is 0 Å². The number of nitrogens with two attached hydrogens (primary N) is 1. The lowest BCUT2D eigenvalue weighted by atomic mass is 10.2. The number of hydrogen-bond acceptors (Lipinski definition) is 6. The Kier molecular flexibility index (Phi) is 5.46. The molecule has 0 bridgehead atoms. The normalized spacial score (nSPS) is 12.9. The van der Waals surface area contributed by atoms with Crippen LogP contribution in [-0.4, -0.2) is 32.2 Å². The first-order valence-corrected chi connectivity index (χ1v) is 7.75. The molecule has 1 atom stereocenters. The largest absolute Gasteiger partial charge is 0.496 e. The lowest BCUT2D eigenvalue weighted by Gasteiger charge is -2.12. The minimum Gasteiger partial charge on any atom is -0.496 e. The molecule has 0 aromatic heterocycles. The molecule has 0 saturated heterocycles. The minimum absolute atomic E-state index is 0.193. The van der Waals surface area contributed by atoms with Gasteiger partial charge < -0.3 is 10.5 Å². The molecule has 0 aliphatic heterocycles. The molecule has 8 heteroatoms.